The Labute approximate surface area is 108 Å². The fourth-order valence-corrected chi connectivity index (χ4v) is 2.91. The Hall–Kier alpha value is -1.07. The Morgan fingerprint density at radius 3 is 2.61 bits per heavy atom. The van der Waals surface area contributed by atoms with Gasteiger partial charge in [0.25, 0.3) is 5.91 Å². The normalized spacial score (nSPS) is 28.6. The zero-order valence-corrected chi connectivity index (χ0v) is 10.7. The zero-order valence-electron chi connectivity index (χ0n) is 10.7. The molecule has 5 heteroatoms. The first kappa shape index (κ1) is 12.0. The molecule has 0 aromatic heterocycles. The molecule has 0 spiro atoms. The smallest absolute Gasteiger partial charge is 0.271 e. The Kier molecular flexibility index (Phi) is 3.52. The fourth-order valence-electron chi connectivity index (χ4n) is 2.91. The van der Waals surface area contributed by atoms with Gasteiger partial charge in [-0.2, -0.15) is 0 Å². The van der Waals surface area contributed by atoms with E-state index in [9.17, 15) is 4.79 Å². The van der Waals surface area contributed by atoms with Crippen LogP contribution < -0.4 is 5.48 Å². The Bertz CT molecular complexity index is 344. The number of likely N-dealkylation sites (tertiary alicyclic amines) is 2. The lowest BCUT2D eigenvalue weighted by Gasteiger charge is -2.17. The Morgan fingerprint density at radius 2 is 1.89 bits per heavy atom. The summed E-state index contributed by atoms with van der Waals surface area (Å²) in [7, 11) is 0. The predicted octanol–water partition coefficient (Wildman–Crippen LogP) is 0.492. The lowest BCUT2D eigenvalue weighted by atomic mass is 10.2. The second-order valence-corrected chi connectivity index (χ2v) is 5.35. The first-order chi connectivity index (χ1) is 8.83. The largest absolute Gasteiger partial charge is 0.337 e. The second kappa shape index (κ2) is 5.28. The van der Waals surface area contributed by atoms with Crippen LogP contribution in [0.3, 0.4) is 0 Å². The van der Waals surface area contributed by atoms with Crippen LogP contribution >= 0.6 is 0 Å². The van der Waals surface area contributed by atoms with Gasteiger partial charge in [0, 0.05) is 19.6 Å². The third-order valence-corrected chi connectivity index (χ3v) is 3.93. The molecule has 0 saturated carbocycles. The van der Waals surface area contributed by atoms with Gasteiger partial charge in [-0.3, -0.25) is 15.1 Å². The van der Waals surface area contributed by atoms with Gasteiger partial charge in [-0.25, -0.2) is 0 Å². The molecular weight excluding hydrogens is 230 g/mol. The third-order valence-electron chi connectivity index (χ3n) is 3.93. The molecule has 3 rings (SSSR count). The van der Waals surface area contributed by atoms with Crippen LogP contribution in [-0.2, 0) is 9.63 Å². The van der Waals surface area contributed by atoms with Crippen molar-refractivity contribution in [1.29, 1.82) is 0 Å². The van der Waals surface area contributed by atoms with Crippen LogP contribution in [0.4, 0.5) is 0 Å². The van der Waals surface area contributed by atoms with Crippen LogP contribution in [0, 0.1) is 0 Å². The zero-order chi connectivity index (χ0) is 12.4. The second-order valence-electron chi connectivity index (χ2n) is 5.35. The number of amides is 1. The molecule has 0 aromatic rings. The van der Waals surface area contributed by atoms with E-state index in [2.05, 4.69) is 10.4 Å². The van der Waals surface area contributed by atoms with Crippen molar-refractivity contribution in [3.05, 3.63) is 11.8 Å². The van der Waals surface area contributed by atoms with Gasteiger partial charge < -0.3 is 9.80 Å². The highest BCUT2D eigenvalue weighted by molar-refractivity contribution is 5.93. The summed E-state index contributed by atoms with van der Waals surface area (Å²) in [6, 6.07) is 0. The third kappa shape index (κ3) is 2.52. The molecule has 100 valence electrons. The van der Waals surface area contributed by atoms with Crippen molar-refractivity contribution in [1.82, 2.24) is 15.3 Å². The maximum absolute atomic E-state index is 12.1. The SMILES string of the molecule is O=C(C1=CC(CN2CCCC2)ON1)N1CCCC1. The molecule has 1 unspecified atom stereocenters. The van der Waals surface area contributed by atoms with Crippen LogP contribution in [0.5, 0.6) is 0 Å². The molecule has 5 nitrogen and oxygen atoms in total. The summed E-state index contributed by atoms with van der Waals surface area (Å²) in [6.07, 6.45) is 6.77. The van der Waals surface area contributed by atoms with Crippen molar-refractivity contribution in [2.45, 2.75) is 31.8 Å². The monoisotopic (exact) mass is 251 g/mol. The molecule has 3 aliphatic heterocycles. The lowest BCUT2D eigenvalue weighted by Crippen LogP contribution is -2.33. The summed E-state index contributed by atoms with van der Waals surface area (Å²) < 4.78 is 0. The van der Waals surface area contributed by atoms with Gasteiger partial charge in [0.2, 0.25) is 0 Å². The van der Waals surface area contributed by atoms with Crippen LogP contribution in [-0.4, -0.2) is 54.5 Å². The van der Waals surface area contributed by atoms with Gasteiger partial charge in [-0.15, -0.1) is 0 Å². The standard InChI is InChI=1S/C13H21N3O2/c17-13(16-7-3-4-8-16)12-9-11(18-14-12)10-15-5-1-2-6-15/h9,11,14H,1-8,10H2. The molecule has 2 saturated heterocycles. The summed E-state index contributed by atoms with van der Waals surface area (Å²) in [4.78, 5) is 21.9. The molecule has 3 aliphatic rings. The summed E-state index contributed by atoms with van der Waals surface area (Å²) in [5, 5.41) is 0. The lowest BCUT2D eigenvalue weighted by molar-refractivity contribution is -0.127. The van der Waals surface area contributed by atoms with Crippen LogP contribution in [0.2, 0.25) is 0 Å². The van der Waals surface area contributed by atoms with Crippen LogP contribution in [0.15, 0.2) is 11.8 Å². The summed E-state index contributed by atoms with van der Waals surface area (Å²) >= 11 is 0. The summed E-state index contributed by atoms with van der Waals surface area (Å²) in [5.74, 6) is 0.0939. The Balaban J connectivity index is 1.55. The van der Waals surface area contributed by atoms with E-state index in [-0.39, 0.29) is 12.0 Å². The van der Waals surface area contributed by atoms with Gasteiger partial charge in [0.1, 0.15) is 11.8 Å². The number of nitrogens with zero attached hydrogens (tertiary/aromatic N) is 2. The first-order valence-corrected chi connectivity index (χ1v) is 6.98. The maximum atomic E-state index is 12.1. The van der Waals surface area contributed by atoms with Crippen molar-refractivity contribution in [2.75, 3.05) is 32.7 Å². The molecule has 1 atom stereocenters. The first-order valence-electron chi connectivity index (χ1n) is 6.98. The highest BCUT2D eigenvalue weighted by atomic mass is 16.7. The van der Waals surface area contributed by atoms with Crippen molar-refractivity contribution < 1.29 is 9.63 Å². The number of hydroxylamine groups is 1. The fraction of sp³-hybridized carbons (Fsp3) is 0.769. The van der Waals surface area contributed by atoms with Crippen molar-refractivity contribution in [3.8, 4) is 0 Å². The summed E-state index contributed by atoms with van der Waals surface area (Å²) in [6.45, 7) is 4.97. The van der Waals surface area contributed by atoms with Gasteiger partial charge >= 0.3 is 0 Å². The maximum Gasteiger partial charge on any atom is 0.271 e. The Morgan fingerprint density at radius 1 is 1.22 bits per heavy atom. The van der Waals surface area contributed by atoms with E-state index in [0.29, 0.717) is 5.70 Å². The molecule has 0 bridgehead atoms. The van der Waals surface area contributed by atoms with E-state index >= 15 is 0 Å². The molecule has 1 N–H and O–H groups in total. The van der Waals surface area contributed by atoms with E-state index in [1.165, 1.54) is 12.8 Å². The average molecular weight is 251 g/mol. The molecule has 0 aliphatic carbocycles. The highest BCUT2D eigenvalue weighted by Gasteiger charge is 2.28. The number of hydrogen-bond donors (Lipinski definition) is 1. The topological polar surface area (TPSA) is 44.8 Å². The van der Waals surface area contributed by atoms with Crippen molar-refractivity contribution >= 4 is 5.91 Å². The van der Waals surface area contributed by atoms with E-state index in [1.807, 2.05) is 11.0 Å². The van der Waals surface area contributed by atoms with Crippen LogP contribution in [0.25, 0.3) is 0 Å². The van der Waals surface area contributed by atoms with E-state index < -0.39 is 0 Å². The van der Waals surface area contributed by atoms with Gasteiger partial charge in [-0.1, -0.05) is 0 Å². The number of nitrogens with one attached hydrogen (secondary N) is 1. The molecule has 0 aromatic carbocycles. The van der Waals surface area contributed by atoms with Gasteiger partial charge in [0.15, 0.2) is 0 Å². The van der Waals surface area contributed by atoms with E-state index in [0.717, 1.165) is 45.6 Å². The summed E-state index contributed by atoms with van der Waals surface area (Å²) in [5.41, 5.74) is 3.43. The predicted molar refractivity (Wildman–Crippen MR) is 67.6 cm³/mol. The van der Waals surface area contributed by atoms with Crippen molar-refractivity contribution in [2.24, 2.45) is 0 Å². The highest BCUT2D eigenvalue weighted by Crippen LogP contribution is 2.16. The number of hydrogen-bond acceptors (Lipinski definition) is 4. The number of rotatable bonds is 3. The molecule has 3 heterocycles. The van der Waals surface area contributed by atoms with Gasteiger partial charge in [-0.05, 0) is 44.8 Å². The molecule has 0 radical (unpaired) electrons. The van der Waals surface area contributed by atoms with Gasteiger partial charge in [0.05, 0.1) is 0 Å². The van der Waals surface area contributed by atoms with Crippen molar-refractivity contribution in [3.63, 3.8) is 0 Å². The van der Waals surface area contributed by atoms with E-state index in [1.54, 1.807) is 0 Å². The molecule has 18 heavy (non-hydrogen) atoms. The number of carbonyl (C=O) groups is 1. The van der Waals surface area contributed by atoms with Crippen LogP contribution in [0.1, 0.15) is 25.7 Å². The molecular formula is C13H21N3O2. The molecule has 1 amide bonds. The average Bonchev–Trinajstić information content (AvgIpc) is 3.11. The quantitative estimate of drug-likeness (QED) is 0.793. The minimum Gasteiger partial charge on any atom is -0.337 e. The minimum absolute atomic E-state index is 0.0182. The van der Waals surface area contributed by atoms with E-state index in [4.69, 9.17) is 4.84 Å². The number of carbonyl (C=O) groups excluding carboxylic acids is 1. The molecule has 2 fully saturated rings. The minimum atomic E-state index is 0.0182.